The number of nitrogens with two attached hydrogens (primary N) is 1. The van der Waals surface area contributed by atoms with Crippen LogP contribution in [0.25, 0.3) is 22.5 Å². The maximum Gasteiger partial charge on any atom is 0.177 e. The van der Waals surface area contributed by atoms with Crippen molar-refractivity contribution in [1.82, 2.24) is 5.16 Å². The minimum Gasteiger partial charge on any atom is -0.497 e. The highest BCUT2D eigenvalue weighted by Gasteiger charge is 2.18. The maximum atomic E-state index is 5.94. The molecule has 2 N–H and O–H groups in total. The molecule has 6 heteroatoms. The molecular weight excluding hydrogens is 340 g/mol. The Bertz CT molecular complexity index is 734. The summed E-state index contributed by atoms with van der Waals surface area (Å²) in [6.45, 7) is 0. The van der Waals surface area contributed by atoms with Crippen LogP contribution in [0, 0.1) is 0 Å². The highest BCUT2D eigenvalue weighted by Crippen LogP contribution is 2.39. The van der Waals surface area contributed by atoms with Crippen LogP contribution in [0.1, 0.15) is 0 Å². The molecule has 3 aromatic rings. The molecule has 3 rings (SSSR count). The lowest BCUT2D eigenvalue weighted by molar-refractivity contribution is 0.415. The molecule has 2 heterocycles. The zero-order valence-corrected chi connectivity index (χ0v) is 13.0. The number of rotatable bonds is 3. The van der Waals surface area contributed by atoms with Crippen LogP contribution in [0.15, 0.2) is 44.0 Å². The monoisotopic (exact) mass is 350 g/mol. The van der Waals surface area contributed by atoms with Gasteiger partial charge in [0.2, 0.25) is 0 Å². The van der Waals surface area contributed by atoms with Gasteiger partial charge in [0.25, 0.3) is 0 Å². The average Bonchev–Trinajstić information content (AvgIpc) is 3.05. The molecule has 1 aromatic carbocycles. The molecule has 0 aliphatic carbocycles. The first-order chi connectivity index (χ1) is 9.69. The van der Waals surface area contributed by atoms with Crippen LogP contribution in [-0.2, 0) is 0 Å². The molecule has 0 amide bonds. The number of anilines is 1. The SMILES string of the molecule is COc1ccc(-c2c(N)noc2-c2csc(Br)c2)cc1. The van der Waals surface area contributed by atoms with Gasteiger partial charge in [-0.25, -0.2) is 0 Å². The molecule has 0 saturated heterocycles. The van der Waals surface area contributed by atoms with Crippen LogP contribution in [0.2, 0.25) is 0 Å². The third kappa shape index (κ3) is 2.32. The minimum atomic E-state index is 0.382. The van der Waals surface area contributed by atoms with Gasteiger partial charge in [0.15, 0.2) is 11.6 Å². The third-order valence-electron chi connectivity index (χ3n) is 2.93. The van der Waals surface area contributed by atoms with Gasteiger partial charge in [0.05, 0.1) is 16.5 Å². The minimum absolute atomic E-state index is 0.382. The Morgan fingerprint density at radius 1 is 1.25 bits per heavy atom. The molecule has 0 radical (unpaired) electrons. The zero-order chi connectivity index (χ0) is 14.1. The molecule has 0 unspecified atom stereocenters. The van der Waals surface area contributed by atoms with E-state index in [0.29, 0.717) is 11.6 Å². The summed E-state index contributed by atoms with van der Waals surface area (Å²) in [5, 5.41) is 5.88. The molecule has 0 aliphatic rings. The summed E-state index contributed by atoms with van der Waals surface area (Å²) in [5.74, 6) is 1.85. The van der Waals surface area contributed by atoms with E-state index in [-0.39, 0.29) is 0 Å². The van der Waals surface area contributed by atoms with Crippen molar-refractivity contribution in [3.63, 3.8) is 0 Å². The van der Waals surface area contributed by atoms with E-state index in [1.54, 1.807) is 18.4 Å². The molecular formula is C14H11BrN2O2S. The fourth-order valence-corrected chi connectivity index (χ4v) is 3.10. The van der Waals surface area contributed by atoms with Crippen molar-refractivity contribution in [2.24, 2.45) is 0 Å². The molecule has 0 atom stereocenters. The third-order valence-corrected chi connectivity index (χ3v) is 4.43. The van der Waals surface area contributed by atoms with Crippen LogP contribution < -0.4 is 10.5 Å². The van der Waals surface area contributed by atoms with Crippen molar-refractivity contribution in [2.75, 3.05) is 12.8 Å². The molecule has 20 heavy (non-hydrogen) atoms. The number of methoxy groups -OCH3 is 1. The summed E-state index contributed by atoms with van der Waals surface area (Å²) in [7, 11) is 1.64. The molecule has 0 saturated carbocycles. The van der Waals surface area contributed by atoms with Crippen molar-refractivity contribution in [1.29, 1.82) is 0 Å². The van der Waals surface area contributed by atoms with Crippen molar-refractivity contribution >= 4 is 33.1 Å². The summed E-state index contributed by atoms with van der Waals surface area (Å²) < 4.78 is 11.6. The fourth-order valence-electron chi connectivity index (χ4n) is 1.97. The number of benzene rings is 1. The largest absolute Gasteiger partial charge is 0.497 e. The van der Waals surface area contributed by atoms with Gasteiger partial charge in [-0.1, -0.05) is 17.3 Å². The van der Waals surface area contributed by atoms with E-state index in [9.17, 15) is 0 Å². The van der Waals surface area contributed by atoms with E-state index in [4.69, 9.17) is 15.0 Å². The van der Waals surface area contributed by atoms with Crippen LogP contribution in [0.5, 0.6) is 5.75 Å². The van der Waals surface area contributed by atoms with Gasteiger partial charge in [-0.2, -0.15) is 0 Å². The number of ether oxygens (including phenoxy) is 1. The number of hydrogen-bond acceptors (Lipinski definition) is 5. The van der Waals surface area contributed by atoms with Crippen molar-refractivity contribution in [3.05, 3.63) is 39.5 Å². The lowest BCUT2D eigenvalue weighted by Gasteiger charge is -2.03. The number of nitrogen functional groups attached to an aromatic ring is 1. The Kier molecular flexibility index (Phi) is 3.50. The number of nitrogens with zero attached hydrogens (tertiary/aromatic N) is 1. The number of halogens is 1. The Morgan fingerprint density at radius 3 is 2.60 bits per heavy atom. The second-order valence-corrected chi connectivity index (χ2v) is 6.43. The standard InChI is InChI=1S/C14H11BrN2O2S/c1-18-10-4-2-8(3-5-10)12-13(19-17-14(12)16)9-6-11(15)20-7-9/h2-7H,1H3,(H2,16,17). The second-order valence-electron chi connectivity index (χ2n) is 4.14. The lowest BCUT2D eigenvalue weighted by Crippen LogP contribution is -1.89. The predicted molar refractivity (Wildman–Crippen MR) is 83.9 cm³/mol. The van der Waals surface area contributed by atoms with Gasteiger partial charge in [0, 0.05) is 10.9 Å². The van der Waals surface area contributed by atoms with Gasteiger partial charge < -0.3 is 15.0 Å². The first-order valence-electron chi connectivity index (χ1n) is 5.83. The van der Waals surface area contributed by atoms with E-state index in [2.05, 4.69) is 21.1 Å². The lowest BCUT2D eigenvalue weighted by atomic mass is 10.0. The Morgan fingerprint density at radius 2 is 2.00 bits per heavy atom. The topological polar surface area (TPSA) is 61.3 Å². The van der Waals surface area contributed by atoms with Crippen LogP contribution in [0.4, 0.5) is 5.82 Å². The summed E-state index contributed by atoms with van der Waals surface area (Å²) in [6, 6.07) is 9.63. The number of thiophene rings is 1. The maximum absolute atomic E-state index is 5.94. The average molecular weight is 351 g/mol. The highest BCUT2D eigenvalue weighted by atomic mass is 79.9. The zero-order valence-electron chi connectivity index (χ0n) is 10.6. The van der Waals surface area contributed by atoms with E-state index in [1.807, 2.05) is 35.7 Å². The summed E-state index contributed by atoms with van der Waals surface area (Å²) >= 11 is 5.03. The first-order valence-corrected chi connectivity index (χ1v) is 7.50. The molecule has 4 nitrogen and oxygen atoms in total. The number of aromatic nitrogens is 1. The van der Waals surface area contributed by atoms with Gasteiger partial charge >= 0.3 is 0 Å². The fraction of sp³-hybridized carbons (Fsp3) is 0.0714. The van der Waals surface area contributed by atoms with Crippen molar-refractivity contribution < 1.29 is 9.26 Å². The van der Waals surface area contributed by atoms with Crippen LogP contribution in [-0.4, -0.2) is 12.3 Å². The van der Waals surface area contributed by atoms with Gasteiger partial charge in [-0.15, -0.1) is 11.3 Å². The quantitative estimate of drug-likeness (QED) is 0.759. The Labute approximate surface area is 128 Å². The van der Waals surface area contributed by atoms with E-state index >= 15 is 0 Å². The van der Waals surface area contributed by atoms with Crippen molar-refractivity contribution in [3.8, 4) is 28.2 Å². The summed E-state index contributed by atoms with van der Waals surface area (Å²) in [6.07, 6.45) is 0. The van der Waals surface area contributed by atoms with Gasteiger partial charge in [-0.05, 0) is 39.7 Å². The van der Waals surface area contributed by atoms with Gasteiger partial charge in [0.1, 0.15) is 5.75 Å². The molecule has 0 spiro atoms. The Balaban J connectivity index is 2.10. The van der Waals surface area contributed by atoms with E-state index in [0.717, 1.165) is 26.2 Å². The van der Waals surface area contributed by atoms with Crippen LogP contribution in [0.3, 0.4) is 0 Å². The van der Waals surface area contributed by atoms with Crippen molar-refractivity contribution in [2.45, 2.75) is 0 Å². The summed E-state index contributed by atoms with van der Waals surface area (Å²) in [4.78, 5) is 0. The van der Waals surface area contributed by atoms with Crippen LogP contribution >= 0.6 is 27.3 Å². The molecule has 2 aromatic heterocycles. The second kappa shape index (κ2) is 5.30. The van der Waals surface area contributed by atoms with E-state index < -0.39 is 0 Å². The summed E-state index contributed by atoms with van der Waals surface area (Å²) in [5.41, 5.74) is 8.65. The first kappa shape index (κ1) is 13.2. The van der Waals surface area contributed by atoms with E-state index in [1.165, 1.54) is 0 Å². The Hall–Kier alpha value is -1.79. The normalized spacial score (nSPS) is 10.7. The predicted octanol–water partition coefficient (Wildman–Crippen LogP) is 4.42. The molecule has 0 fully saturated rings. The molecule has 102 valence electrons. The molecule has 0 bridgehead atoms. The number of hydrogen-bond donors (Lipinski definition) is 1. The highest BCUT2D eigenvalue weighted by molar-refractivity contribution is 9.11. The molecule has 0 aliphatic heterocycles. The van der Waals surface area contributed by atoms with Gasteiger partial charge in [-0.3, -0.25) is 0 Å². The smallest absolute Gasteiger partial charge is 0.177 e.